The Bertz CT molecular complexity index is 488. The van der Waals surface area contributed by atoms with Crippen LogP contribution >= 0.6 is 34.5 Å². The molecular formula is C10H8Cl2N2S. The maximum atomic E-state index is 6.04. The maximum Gasteiger partial charge on any atom is 0.102 e. The van der Waals surface area contributed by atoms with E-state index in [1.807, 2.05) is 18.2 Å². The summed E-state index contributed by atoms with van der Waals surface area (Å²) in [5, 5.41) is 0. The molecule has 0 atom stereocenters. The largest absolute Gasteiger partial charge is 0.399 e. The van der Waals surface area contributed by atoms with Gasteiger partial charge in [-0.15, -0.1) is 11.3 Å². The van der Waals surface area contributed by atoms with E-state index in [-0.39, 0.29) is 0 Å². The van der Waals surface area contributed by atoms with Crippen LogP contribution in [0, 0.1) is 0 Å². The van der Waals surface area contributed by atoms with Gasteiger partial charge in [-0.1, -0.05) is 23.2 Å². The van der Waals surface area contributed by atoms with E-state index in [0.29, 0.717) is 20.0 Å². The molecule has 2 nitrogen and oxygen atoms in total. The lowest BCUT2D eigenvalue weighted by Gasteiger charge is -2.03. The number of benzene rings is 1. The molecule has 0 saturated carbocycles. The Hall–Kier alpha value is -0.900. The van der Waals surface area contributed by atoms with Crippen LogP contribution in [0.2, 0.25) is 8.67 Å². The fraction of sp³-hybridized carbons (Fsp3) is 0. The predicted octanol–water partition coefficient (Wildman–Crippen LogP) is 3.89. The van der Waals surface area contributed by atoms with Gasteiger partial charge in [0.1, 0.15) is 4.34 Å². The van der Waals surface area contributed by atoms with Gasteiger partial charge in [-0.2, -0.15) is 0 Å². The monoisotopic (exact) mass is 258 g/mol. The van der Waals surface area contributed by atoms with Crippen LogP contribution in [-0.4, -0.2) is 0 Å². The second-order valence-corrected chi connectivity index (χ2v) is 5.41. The van der Waals surface area contributed by atoms with Gasteiger partial charge in [0, 0.05) is 16.9 Å². The van der Waals surface area contributed by atoms with E-state index >= 15 is 0 Å². The number of nitrogen functional groups attached to an aromatic ring is 2. The van der Waals surface area contributed by atoms with E-state index < -0.39 is 0 Å². The van der Waals surface area contributed by atoms with E-state index in [0.717, 1.165) is 11.1 Å². The summed E-state index contributed by atoms with van der Waals surface area (Å²) in [6.07, 6.45) is 0. The van der Waals surface area contributed by atoms with Crippen LogP contribution in [0.3, 0.4) is 0 Å². The third-order valence-corrected chi connectivity index (χ3v) is 3.43. The molecule has 0 aliphatic rings. The molecule has 0 saturated heterocycles. The summed E-state index contributed by atoms with van der Waals surface area (Å²) < 4.78 is 1.29. The maximum absolute atomic E-state index is 6.04. The van der Waals surface area contributed by atoms with E-state index in [1.54, 1.807) is 6.07 Å². The molecule has 0 amide bonds. The van der Waals surface area contributed by atoms with Crippen molar-refractivity contribution in [3.05, 3.63) is 32.9 Å². The minimum atomic E-state index is 0.614. The average molecular weight is 259 g/mol. The Morgan fingerprint density at radius 2 is 1.53 bits per heavy atom. The highest BCUT2D eigenvalue weighted by Gasteiger charge is 2.09. The number of rotatable bonds is 1. The van der Waals surface area contributed by atoms with Gasteiger partial charge in [0.25, 0.3) is 0 Å². The molecule has 0 unspecified atom stereocenters. The Labute approximate surface area is 101 Å². The zero-order chi connectivity index (χ0) is 11.0. The topological polar surface area (TPSA) is 52.0 Å². The predicted molar refractivity (Wildman–Crippen MR) is 68.6 cm³/mol. The van der Waals surface area contributed by atoms with Crippen molar-refractivity contribution in [2.24, 2.45) is 0 Å². The van der Waals surface area contributed by atoms with Crippen molar-refractivity contribution in [3.8, 4) is 11.1 Å². The first kappa shape index (κ1) is 10.6. The van der Waals surface area contributed by atoms with Gasteiger partial charge in [0.15, 0.2) is 0 Å². The number of thiophene rings is 1. The molecule has 4 N–H and O–H groups in total. The molecule has 15 heavy (non-hydrogen) atoms. The SMILES string of the molecule is Nc1cc(N)cc(-c2cc(Cl)sc2Cl)c1. The van der Waals surface area contributed by atoms with Gasteiger partial charge in [-0.3, -0.25) is 0 Å². The van der Waals surface area contributed by atoms with Crippen LogP contribution in [0.1, 0.15) is 0 Å². The summed E-state index contributed by atoms with van der Waals surface area (Å²) in [6.45, 7) is 0. The quantitative estimate of drug-likeness (QED) is 0.763. The van der Waals surface area contributed by atoms with E-state index in [4.69, 9.17) is 34.7 Å². The van der Waals surface area contributed by atoms with Gasteiger partial charge in [-0.05, 0) is 29.8 Å². The molecule has 0 radical (unpaired) electrons. The van der Waals surface area contributed by atoms with Gasteiger partial charge in [0.2, 0.25) is 0 Å². The Morgan fingerprint density at radius 1 is 0.933 bits per heavy atom. The molecule has 1 aromatic heterocycles. The highest BCUT2D eigenvalue weighted by molar-refractivity contribution is 7.20. The highest BCUT2D eigenvalue weighted by atomic mass is 35.5. The van der Waals surface area contributed by atoms with Crippen LogP contribution in [-0.2, 0) is 0 Å². The van der Waals surface area contributed by atoms with Crippen LogP contribution in [0.25, 0.3) is 11.1 Å². The summed E-state index contributed by atoms with van der Waals surface area (Å²) >= 11 is 13.2. The fourth-order valence-corrected chi connectivity index (χ4v) is 2.88. The van der Waals surface area contributed by atoms with Gasteiger partial charge in [0.05, 0.1) is 4.34 Å². The summed E-state index contributed by atoms with van der Waals surface area (Å²) in [5.74, 6) is 0. The summed E-state index contributed by atoms with van der Waals surface area (Å²) in [7, 11) is 0. The lowest BCUT2D eigenvalue weighted by molar-refractivity contribution is 1.64. The minimum absolute atomic E-state index is 0.614. The molecule has 2 rings (SSSR count). The van der Waals surface area contributed by atoms with Crippen LogP contribution in [0.4, 0.5) is 11.4 Å². The first-order valence-electron chi connectivity index (χ1n) is 4.17. The Kier molecular flexibility index (Phi) is 2.78. The highest BCUT2D eigenvalue weighted by Crippen LogP contribution is 2.39. The third-order valence-electron chi connectivity index (χ3n) is 1.95. The number of halogens is 2. The molecule has 78 valence electrons. The zero-order valence-corrected chi connectivity index (χ0v) is 9.96. The fourth-order valence-electron chi connectivity index (χ4n) is 1.37. The molecule has 0 spiro atoms. The summed E-state index contributed by atoms with van der Waals surface area (Å²) in [6, 6.07) is 7.15. The Balaban J connectivity index is 2.58. The molecule has 1 aromatic carbocycles. The second kappa shape index (κ2) is 3.93. The van der Waals surface area contributed by atoms with E-state index in [1.165, 1.54) is 11.3 Å². The van der Waals surface area contributed by atoms with Crippen molar-refractivity contribution in [1.29, 1.82) is 0 Å². The van der Waals surface area contributed by atoms with Crippen molar-refractivity contribution in [2.75, 3.05) is 11.5 Å². The van der Waals surface area contributed by atoms with E-state index in [9.17, 15) is 0 Å². The first-order valence-corrected chi connectivity index (χ1v) is 5.75. The molecule has 0 aliphatic heterocycles. The summed E-state index contributed by atoms with van der Waals surface area (Å²) in [4.78, 5) is 0. The molecule has 0 fully saturated rings. The van der Waals surface area contributed by atoms with Crippen LogP contribution < -0.4 is 11.5 Å². The molecule has 0 bridgehead atoms. The minimum Gasteiger partial charge on any atom is -0.399 e. The molecule has 1 heterocycles. The summed E-state index contributed by atoms with van der Waals surface area (Å²) in [5.41, 5.74) is 14.4. The molecular weight excluding hydrogens is 251 g/mol. The lowest BCUT2D eigenvalue weighted by atomic mass is 10.1. The van der Waals surface area contributed by atoms with E-state index in [2.05, 4.69) is 0 Å². The first-order chi connectivity index (χ1) is 7.06. The smallest absolute Gasteiger partial charge is 0.102 e. The second-order valence-electron chi connectivity index (χ2n) is 3.13. The number of anilines is 2. The molecule has 5 heteroatoms. The van der Waals surface area contributed by atoms with Crippen molar-refractivity contribution in [2.45, 2.75) is 0 Å². The average Bonchev–Trinajstić information content (AvgIpc) is 2.43. The number of hydrogen-bond donors (Lipinski definition) is 2. The number of nitrogens with two attached hydrogens (primary N) is 2. The van der Waals surface area contributed by atoms with Crippen LogP contribution in [0.15, 0.2) is 24.3 Å². The van der Waals surface area contributed by atoms with Crippen molar-refractivity contribution < 1.29 is 0 Å². The zero-order valence-electron chi connectivity index (χ0n) is 7.63. The standard InChI is InChI=1S/C10H8Cl2N2S/c11-9-4-8(10(12)15-9)5-1-6(13)3-7(14)2-5/h1-4H,13-14H2. The Morgan fingerprint density at radius 3 is 2.00 bits per heavy atom. The third kappa shape index (κ3) is 2.20. The normalized spacial score (nSPS) is 10.5. The van der Waals surface area contributed by atoms with Crippen molar-refractivity contribution in [3.63, 3.8) is 0 Å². The lowest BCUT2D eigenvalue weighted by Crippen LogP contribution is -1.90. The molecule has 0 aliphatic carbocycles. The van der Waals surface area contributed by atoms with Gasteiger partial charge < -0.3 is 11.5 Å². The molecule has 2 aromatic rings. The van der Waals surface area contributed by atoms with Gasteiger partial charge in [-0.25, -0.2) is 0 Å². The van der Waals surface area contributed by atoms with Crippen LogP contribution in [0.5, 0.6) is 0 Å². The van der Waals surface area contributed by atoms with Crippen molar-refractivity contribution in [1.82, 2.24) is 0 Å². The van der Waals surface area contributed by atoms with Crippen molar-refractivity contribution >= 4 is 45.9 Å². The van der Waals surface area contributed by atoms with Gasteiger partial charge >= 0.3 is 0 Å². The number of hydrogen-bond acceptors (Lipinski definition) is 3.